The van der Waals surface area contributed by atoms with Crippen LogP contribution in [0.3, 0.4) is 0 Å². The third-order valence-corrected chi connectivity index (χ3v) is 2.74. The Labute approximate surface area is 97.0 Å². The first-order valence-electron chi connectivity index (χ1n) is 5.52. The predicted molar refractivity (Wildman–Crippen MR) is 58.6 cm³/mol. The van der Waals surface area contributed by atoms with E-state index in [0.29, 0.717) is 19.8 Å². The lowest BCUT2D eigenvalue weighted by Crippen LogP contribution is -2.38. The van der Waals surface area contributed by atoms with Crippen molar-refractivity contribution in [2.45, 2.75) is 31.3 Å². The summed E-state index contributed by atoms with van der Waals surface area (Å²) in [6.07, 6.45) is -0.174. The lowest BCUT2D eigenvalue weighted by atomic mass is 10.1. The second kappa shape index (κ2) is 7.19. The van der Waals surface area contributed by atoms with Gasteiger partial charge in [0.1, 0.15) is 18.3 Å². The highest BCUT2D eigenvalue weighted by molar-refractivity contribution is 4.90. The monoisotopic (exact) mass is 234 g/mol. The SMILES string of the molecule is COCCOC1[C@H](C)O[C@H](COC)[C@@H]1OC. The number of hydrogen-bond donors (Lipinski definition) is 0. The van der Waals surface area contributed by atoms with E-state index in [9.17, 15) is 0 Å². The Kier molecular flexibility index (Phi) is 6.23. The molecular weight excluding hydrogens is 212 g/mol. The highest BCUT2D eigenvalue weighted by Gasteiger charge is 2.43. The van der Waals surface area contributed by atoms with E-state index in [-0.39, 0.29) is 24.4 Å². The highest BCUT2D eigenvalue weighted by atomic mass is 16.6. The Hall–Kier alpha value is -0.200. The molecule has 1 fully saturated rings. The number of ether oxygens (including phenoxy) is 5. The Morgan fingerprint density at radius 1 is 1.00 bits per heavy atom. The second-order valence-corrected chi connectivity index (χ2v) is 3.86. The molecule has 1 unspecified atom stereocenters. The molecular formula is C11H22O5. The van der Waals surface area contributed by atoms with Crippen molar-refractivity contribution < 1.29 is 23.7 Å². The first kappa shape index (κ1) is 13.9. The van der Waals surface area contributed by atoms with Crippen molar-refractivity contribution in [3.63, 3.8) is 0 Å². The van der Waals surface area contributed by atoms with Gasteiger partial charge in [-0.2, -0.15) is 0 Å². The fourth-order valence-electron chi connectivity index (χ4n) is 1.99. The van der Waals surface area contributed by atoms with Crippen LogP contribution < -0.4 is 0 Å². The van der Waals surface area contributed by atoms with Gasteiger partial charge in [-0.15, -0.1) is 0 Å². The molecule has 1 rings (SSSR count). The van der Waals surface area contributed by atoms with E-state index in [1.165, 1.54) is 0 Å². The zero-order valence-electron chi connectivity index (χ0n) is 10.5. The minimum Gasteiger partial charge on any atom is -0.382 e. The van der Waals surface area contributed by atoms with Gasteiger partial charge in [-0.05, 0) is 6.92 Å². The summed E-state index contributed by atoms with van der Waals surface area (Å²) in [6.45, 7) is 3.63. The number of rotatable bonds is 7. The maximum atomic E-state index is 5.73. The van der Waals surface area contributed by atoms with E-state index in [0.717, 1.165) is 0 Å². The molecule has 1 aliphatic heterocycles. The van der Waals surface area contributed by atoms with Gasteiger partial charge in [0.2, 0.25) is 0 Å². The third kappa shape index (κ3) is 3.40. The average molecular weight is 234 g/mol. The molecule has 1 saturated heterocycles. The summed E-state index contributed by atoms with van der Waals surface area (Å²) in [4.78, 5) is 0. The van der Waals surface area contributed by atoms with Crippen molar-refractivity contribution in [3.8, 4) is 0 Å². The van der Waals surface area contributed by atoms with Crippen molar-refractivity contribution >= 4 is 0 Å². The molecule has 5 nitrogen and oxygen atoms in total. The quantitative estimate of drug-likeness (QED) is 0.599. The molecule has 1 aliphatic rings. The first-order chi connectivity index (χ1) is 7.74. The summed E-state index contributed by atoms with van der Waals surface area (Å²) in [6, 6.07) is 0. The highest BCUT2D eigenvalue weighted by Crippen LogP contribution is 2.26. The predicted octanol–water partition coefficient (Wildman–Crippen LogP) is 0.467. The van der Waals surface area contributed by atoms with Crippen LogP contribution in [0.2, 0.25) is 0 Å². The van der Waals surface area contributed by atoms with Crippen LogP contribution in [0, 0.1) is 0 Å². The summed E-state index contributed by atoms with van der Waals surface area (Å²) in [5.41, 5.74) is 0. The minimum absolute atomic E-state index is 0.0157. The Morgan fingerprint density at radius 2 is 1.75 bits per heavy atom. The Balaban J connectivity index is 2.46. The third-order valence-electron chi connectivity index (χ3n) is 2.74. The van der Waals surface area contributed by atoms with Crippen LogP contribution in [0.5, 0.6) is 0 Å². The van der Waals surface area contributed by atoms with Crippen molar-refractivity contribution in [3.05, 3.63) is 0 Å². The molecule has 1 heterocycles. The van der Waals surface area contributed by atoms with E-state index in [1.807, 2.05) is 6.92 Å². The van der Waals surface area contributed by atoms with Crippen molar-refractivity contribution in [1.82, 2.24) is 0 Å². The summed E-state index contributed by atoms with van der Waals surface area (Å²) in [5, 5.41) is 0. The molecule has 0 radical (unpaired) electrons. The molecule has 0 aromatic heterocycles. The van der Waals surface area contributed by atoms with Gasteiger partial charge in [-0.1, -0.05) is 0 Å². The average Bonchev–Trinajstić information content (AvgIpc) is 2.56. The van der Waals surface area contributed by atoms with E-state index in [1.54, 1.807) is 21.3 Å². The molecule has 0 saturated carbocycles. The lowest BCUT2D eigenvalue weighted by molar-refractivity contribution is -0.0644. The molecule has 0 aromatic carbocycles. The standard InChI is InChI=1S/C11H22O5/c1-8-10(15-6-5-12-2)11(14-4)9(16-8)7-13-3/h8-11H,5-7H2,1-4H3/t8-,9+,10?,11-/m0/s1. The van der Waals surface area contributed by atoms with Gasteiger partial charge >= 0.3 is 0 Å². The molecule has 0 aliphatic carbocycles. The van der Waals surface area contributed by atoms with Crippen LogP contribution >= 0.6 is 0 Å². The maximum absolute atomic E-state index is 5.73. The summed E-state index contributed by atoms with van der Waals surface area (Å²) in [7, 11) is 4.97. The zero-order valence-corrected chi connectivity index (χ0v) is 10.5. The number of methoxy groups -OCH3 is 3. The molecule has 0 N–H and O–H groups in total. The van der Waals surface area contributed by atoms with Gasteiger partial charge in [0.05, 0.1) is 25.9 Å². The molecule has 0 aromatic rings. The van der Waals surface area contributed by atoms with Crippen LogP contribution in [0.1, 0.15) is 6.92 Å². The molecule has 0 bridgehead atoms. The number of hydrogen-bond acceptors (Lipinski definition) is 5. The summed E-state index contributed by atoms with van der Waals surface area (Å²) >= 11 is 0. The molecule has 0 amide bonds. The lowest BCUT2D eigenvalue weighted by Gasteiger charge is -2.22. The topological polar surface area (TPSA) is 46.2 Å². The Morgan fingerprint density at radius 3 is 2.31 bits per heavy atom. The van der Waals surface area contributed by atoms with Gasteiger partial charge < -0.3 is 23.7 Å². The fraction of sp³-hybridized carbons (Fsp3) is 1.00. The van der Waals surface area contributed by atoms with Gasteiger partial charge in [-0.25, -0.2) is 0 Å². The minimum atomic E-state index is -0.0770. The van der Waals surface area contributed by atoms with Gasteiger partial charge in [0.25, 0.3) is 0 Å². The molecule has 16 heavy (non-hydrogen) atoms. The Bertz CT molecular complexity index is 187. The van der Waals surface area contributed by atoms with Crippen LogP contribution in [0.15, 0.2) is 0 Å². The van der Waals surface area contributed by atoms with Crippen molar-refractivity contribution in [2.24, 2.45) is 0 Å². The van der Waals surface area contributed by atoms with E-state index >= 15 is 0 Å². The van der Waals surface area contributed by atoms with E-state index in [2.05, 4.69) is 0 Å². The molecule has 5 heteroatoms. The van der Waals surface area contributed by atoms with E-state index in [4.69, 9.17) is 23.7 Å². The van der Waals surface area contributed by atoms with Crippen LogP contribution in [0.4, 0.5) is 0 Å². The zero-order chi connectivity index (χ0) is 12.0. The van der Waals surface area contributed by atoms with Crippen LogP contribution in [0.25, 0.3) is 0 Å². The summed E-state index contributed by atoms with van der Waals surface area (Å²) in [5.74, 6) is 0. The smallest absolute Gasteiger partial charge is 0.114 e. The fourth-order valence-corrected chi connectivity index (χ4v) is 1.99. The van der Waals surface area contributed by atoms with Gasteiger partial charge in [0, 0.05) is 21.3 Å². The molecule has 4 atom stereocenters. The first-order valence-corrected chi connectivity index (χ1v) is 5.52. The summed E-state index contributed by atoms with van der Waals surface area (Å²) < 4.78 is 26.9. The van der Waals surface area contributed by atoms with Gasteiger partial charge in [0.15, 0.2) is 0 Å². The van der Waals surface area contributed by atoms with Crippen LogP contribution in [-0.2, 0) is 23.7 Å². The molecule has 96 valence electrons. The second-order valence-electron chi connectivity index (χ2n) is 3.86. The largest absolute Gasteiger partial charge is 0.382 e. The maximum Gasteiger partial charge on any atom is 0.114 e. The normalized spacial score (nSPS) is 34.5. The molecule has 0 spiro atoms. The van der Waals surface area contributed by atoms with E-state index < -0.39 is 0 Å². The van der Waals surface area contributed by atoms with Gasteiger partial charge in [-0.3, -0.25) is 0 Å². The van der Waals surface area contributed by atoms with Crippen LogP contribution in [-0.4, -0.2) is 65.6 Å². The van der Waals surface area contributed by atoms with Crippen molar-refractivity contribution in [1.29, 1.82) is 0 Å². The van der Waals surface area contributed by atoms with Crippen molar-refractivity contribution in [2.75, 3.05) is 41.2 Å².